The fourth-order valence-electron chi connectivity index (χ4n) is 3.45. The first-order chi connectivity index (χ1) is 7.60. The molecule has 0 saturated heterocycles. The normalized spacial score (nSPS) is 23.1. The summed E-state index contributed by atoms with van der Waals surface area (Å²) in [6.45, 7) is 10.4. The van der Waals surface area contributed by atoms with Gasteiger partial charge in [0.1, 0.15) is 5.78 Å². The lowest BCUT2D eigenvalue weighted by molar-refractivity contribution is -0.128. The van der Waals surface area contributed by atoms with Gasteiger partial charge in [0.05, 0.1) is 6.42 Å². The van der Waals surface area contributed by atoms with E-state index in [0.29, 0.717) is 0 Å². The van der Waals surface area contributed by atoms with Crippen molar-refractivity contribution in [1.82, 2.24) is 5.32 Å². The standard InChI is InChI=1S/C14H25NO2/c1-10(16)6-12(17)15-11-7-13(2,3)9-14(4,5)8-11/h11H,6-9H2,1-5H3,(H,15,17). The van der Waals surface area contributed by atoms with Crippen molar-refractivity contribution >= 4 is 11.7 Å². The van der Waals surface area contributed by atoms with Crippen LogP contribution in [0.1, 0.15) is 60.3 Å². The van der Waals surface area contributed by atoms with Crippen molar-refractivity contribution in [3.05, 3.63) is 0 Å². The largest absolute Gasteiger partial charge is 0.353 e. The van der Waals surface area contributed by atoms with Gasteiger partial charge in [-0.25, -0.2) is 0 Å². The Kier molecular flexibility index (Phi) is 4.00. The Labute approximate surface area is 104 Å². The second-order valence-corrected chi connectivity index (χ2v) is 7.06. The summed E-state index contributed by atoms with van der Waals surface area (Å²) < 4.78 is 0. The van der Waals surface area contributed by atoms with Gasteiger partial charge in [0, 0.05) is 6.04 Å². The van der Waals surface area contributed by atoms with E-state index in [0.717, 1.165) is 12.8 Å². The van der Waals surface area contributed by atoms with Crippen LogP contribution < -0.4 is 5.32 Å². The molecular formula is C14H25NO2. The SMILES string of the molecule is CC(=O)CC(=O)NC1CC(C)(C)CC(C)(C)C1. The minimum Gasteiger partial charge on any atom is -0.353 e. The minimum absolute atomic E-state index is 0.0113. The molecule has 0 aliphatic heterocycles. The predicted octanol–water partition coefficient (Wildman–Crippen LogP) is 2.69. The van der Waals surface area contributed by atoms with Crippen LogP contribution in [0.25, 0.3) is 0 Å². The van der Waals surface area contributed by atoms with E-state index in [1.54, 1.807) is 0 Å². The summed E-state index contributed by atoms with van der Waals surface area (Å²) in [5.41, 5.74) is 0.520. The maximum Gasteiger partial charge on any atom is 0.227 e. The molecule has 0 unspecified atom stereocenters. The first kappa shape index (κ1) is 14.2. The van der Waals surface area contributed by atoms with Crippen molar-refractivity contribution in [1.29, 1.82) is 0 Å². The molecule has 0 spiro atoms. The first-order valence-electron chi connectivity index (χ1n) is 6.38. The van der Waals surface area contributed by atoms with Gasteiger partial charge in [-0.2, -0.15) is 0 Å². The van der Waals surface area contributed by atoms with E-state index in [4.69, 9.17) is 0 Å². The van der Waals surface area contributed by atoms with Crippen molar-refractivity contribution in [3.63, 3.8) is 0 Å². The highest BCUT2D eigenvalue weighted by Crippen LogP contribution is 2.45. The molecule has 0 bridgehead atoms. The fourth-order valence-corrected chi connectivity index (χ4v) is 3.45. The highest BCUT2D eigenvalue weighted by Gasteiger charge is 2.38. The van der Waals surface area contributed by atoms with Gasteiger partial charge in [0.25, 0.3) is 0 Å². The van der Waals surface area contributed by atoms with Gasteiger partial charge in [0.2, 0.25) is 5.91 Å². The lowest BCUT2D eigenvalue weighted by atomic mass is 9.63. The van der Waals surface area contributed by atoms with Crippen LogP contribution in [0, 0.1) is 10.8 Å². The molecule has 1 amide bonds. The fraction of sp³-hybridized carbons (Fsp3) is 0.857. The summed E-state index contributed by atoms with van der Waals surface area (Å²) >= 11 is 0. The highest BCUT2D eigenvalue weighted by molar-refractivity contribution is 5.96. The molecule has 3 heteroatoms. The van der Waals surface area contributed by atoms with E-state index in [1.807, 2.05) is 0 Å². The monoisotopic (exact) mass is 239 g/mol. The Morgan fingerprint density at radius 3 is 2.00 bits per heavy atom. The van der Waals surface area contributed by atoms with E-state index < -0.39 is 0 Å². The van der Waals surface area contributed by atoms with Crippen LogP contribution in [0.3, 0.4) is 0 Å². The maximum atomic E-state index is 11.6. The Hall–Kier alpha value is -0.860. The summed E-state index contributed by atoms with van der Waals surface area (Å²) in [5.74, 6) is -0.201. The van der Waals surface area contributed by atoms with Crippen LogP contribution >= 0.6 is 0 Å². The molecule has 17 heavy (non-hydrogen) atoms. The van der Waals surface area contributed by atoms with Gasteiger partial charge < -0.3 is 5.32 Å². The van der Waals surface area contributed by atoms with Gasteiger partial charge in [-0.3, -0.25) is 9.59 Å². The average Bonchev–Trinajstić information content (AvgIpc) is 1.93. The molecule has 0 aromatic heterocycles. The van der Waals surface area contributed by atoms with Gasteiger partial charge in [-0.05, 0) is 37.0 Å². The molecule has 0 aromatic rings. The van der Waals surface area contributed by atoms with Crippen molar-refractivity contribution in [2.75, 3.05) is 0 Å². The number of ketones is 1. The molecule has 1 saturated carbocycles. The van der Waals surface area contributed by atoms with Crippen LogP contribution in [0.15, 0.2) is 0 Å². The molecule has 0 atom stereocenters. The molecule has 0 heterocycles. The number of hydrogen-bond acceptors (Lipinski definition) is 2. The van der Waals surface area contributed by atoms with Crippen LogP contribution in [0.2, 0.25) is 0 Å². The third-order valence-corrected chi connectivity index (χ3v) is 3.33. The predicted molar refractivity (Wildman–Crippen MR) is 68.6 cm³/mol. The first-order valence-corrected chi connectivity index (χ1v) is 6.38. The molecule has 1 aliphatic rings. The van der Waals surface area contributed by atoms with Crippen LogP contribution in [-0.2, 0) is 9.59 Å². The van der Waals surface area contributed by atoms with Gasteiger partial charge in [-0.1, -0.05) is 27.7 Å². The zero-order valence-electron chi connectivity index (χ0n) is 11.7. The molecule has 98 valence electrons. The van der Waals surface area contributed by atoms with Crippen molar-refractivity contribution < 1.29 is 9.59 Å². The molecule has 1 fully saturated rings. The summed E-state index contributed by atoms with van der Waals surface area (Å²) in [4.78, 5) is 22.5. The summed E-state index contributed by atoms with van der Waals surface area (Å²) in [5, 5.41) is 3.00. The lowest BCUT2D eigenvalue weighted by Gasteiger charge is -2.45. The summed E-state index contributed by atoms with van der Waals surface area (Å²) in [6, 6.07) is 0.209. The quantitative estimate of drug-likeness (QED) is 0.770. The van der Waals surface area contributed by atoms with Crippen molar-refractivity contribution in [3.8, 4) is 0 Å². The molecule has 0 aromatic carbocycles. The van der Waals surface area contributed by atoms with Crippen molar-refractivity contribution in [2.24, 2.45) is 10.8 Å². The van der Waals surface area contributed by atoms with Crippen LogP contribution in [0.5, 0.6) is 0 Å². The zero-order valence-corrected chi connectivity index (χ0v) is 11.7. The molecular weight excluding hydrogens is 214 g/mol. The summed E-state index contributed by atoms with van der Waals surface area (Å²) in [7, 11) is 0. The minimum atomic E-state index is -0.129. The third kappa shape index (κ3) is 4.88. The Bertz CT molecular complexity index is 302. The maximum absolute atomic E-state index is 11.6. The Balaban J connectivity index is 2.59. The molecule has 0 radical (unpaired) electrons. The zero-order chi connectivity index (χ0) is 13.3. The van der Waals surface area contributed by atoms with E-state index in [9.17, 15) is 9.59 Å². The van der Waals surface area contributed by atoms with E-state index in [2.05, 4.69) is 33.0 Å². The number of hydrogen-bond donors (Lipinski definition) is 1. The highest BCUT2D eigenvalue weighted by atomic mass is 16.2. The van der Waals surface area contributed by atoms with Crippen LogP contribution in [-0.4, -0.2) is 17.7 Å². The number of carbonyl (C=O) groups is 2. The van der Waals surface area contributed by atoms with Gasteiger partial charge >= 0.3 is 0 Å². The number of nitrogens with one attached hydrogen (secondary N) is 1. The van der Waals surface area contributed by atoms with Crippen LogP contribution in [0.4, 0.5) is 0 Å². The smallest absolute Gasteiger partial charge is 0.227 e. The van der Waals surface area contributed by atoms with E-state index in [-0.39, 0.29) is 35.0 Å². The van der Waals surface area contributed by atoms with E-state index in [1.165, 1.54) is 13.3 Å². The molecule has 1 rings (SSSR count). The Morgan fingerprint density at radius 2 is 1.59 bits per heavy atom. The second kappa shape index (κ2) is 4.79. The third-order valence-electron chi connectivity index (χ3n) is 3.33. The number of carbonyl (C=O) groups excluding carboxylic acids is 2. The topological polar surface area (TPSA) is 46.2 Å². The molecule has 1 aliphatic carbocycles. The average molecular weight is 239 g/mol. The molecule has 3 nitrogen and oxygen atoms in total. The van der Waals surface area contributed by atoms with Gasteiger partial charge in [0.15, 0.2) is 0 Å². The number of amides is 1. The van der Waals surface area contributed by atoms with Crippen molar-refractivity contribution in [2.45, 2.75) is 66.3 Å². The number of Topliss-reactive ketones (excluding diaryl/α,β-unsaturated/α-hetero) is 1. The molecule has 1 N–H and O–H groups in total. The van der Waals surface area contributed by atoms with E-state index >= 15 is 0 Å². The summed E-state index contributed by atoms with van der Waals surface area (Å²) in [6.07, 6.45) is 3.19. The second-order valence-electron chi connectivity index (χ2n) is 7.06. The Morgan fingerprint density at radius 1 is 1.12 bits per heavy atom. The van der Waals surface area contributed by atoms with Gasteiger partial charge in [-0.15, -0.1) is 0 Å². The number of rotatable bonds is 3. The lowest BCUT2D eigenvalue weighted by Crippen LogP contribution is -2.46.